The summed E-state index contributed by atoms with van der Waals surface area (Å²) in [5.74, 6) is 1.67. The van der Waals surface area contributed by atoms with Crippen LogP contribution in [0.4, 0.5) is 0 Å². The topological polar surface area (TPSA) is 50.7 Å². The van der Waals surface area contributed by atoms with Crippen molar-refractivity contribution in [2.24, 2.45) is 27.3 Å². The first-order valence-corrected chi connectivity index (χ1v) is 10.4. The van der Waals surface area contributed by atoms with Crippen LogP contribution in [0.1, 0.15) is 71.3 Å². The first-order valence-electron chi connectivity index (χ1n) is 10.4. The van der Waals surface area contributed by atoms with Gasteiger partial charge in [-0.05, 0) is 79.4 Å². The maximum Gasteiger partial charge on any atom is 0.246 e. The molecule has 1 aromatic carbocycles. The molecule has 0 aliphatic heterocycles. The summed E-state index contributed by atoms with van der Waals surface area (Å²) in [4.78, 5) is 13.1. The number of hydrazone groups is 1. The third-order valence-electron chi connectivity index (χ3n) is 6.82. The van der Waals surface area contributed by atoms with Gasteiger partial charge in [0.1, 0.15) is 5.75 Å². The first kappa shape index (κ1) is 18.5. The third kappa shape index (κ3) is 3.63. The van der Waals surface area contributed by atoms with Crippen LogP contribution in [0, 0.1) is 22.2 Å². The van der Waals surface area contributed by atoms with Crippen molar-refractivity contribution in [1.29, 1.82) is 0 Å². The van der Waals surface area contributed by atoms with Gasteiger partial charge in [-0.25, -0.2) is 5.43 Å². The molecule has 4 aliphatic carbocycles. The van der Waals surface area contributed by atoms with Gasteiger partial charge in [0, 0.05) is 0 Å². The summed E-state index contributed by atoms with van der Waals surface area (Å²) in [6, 6.07) is 7.83. The van der Waals surface area contributed by atoms with E-state index in [4.69, 9.17) is 4.74 Å². The second-order valence-electron chi connectivity index (χ2n) is 10.0. The number of hydrogen-bond donors (Lipinski definition) is 1. The van der Waals surface area contributed by atoms with Crippen molar-refractivity contribution in [3.8, 4) is 5.75 Å². The highest BCUT2D eigenvalue weighted by Gasteiger charge is 2.62. The Morgan fingerprint density at radius 1 is 1.22 bits per heavy atom. The molecule has 4 heteroatoms. The molecular formula is C23H32N2O2. The summed E-state index contributed by atoms with van der Waals surface area (Å²) >= 11 is 0. The largest absolute Gasteiger partial charge is 0.494 e. The van der Waals surface area contributed by atoms with Gasteiger partial charge < -0.3 is 4.74 Å². The standard InChI is InChI=1S/C23H32N2O2/c1-4-8-27-19-7-5-6-17(9-19)13-24-25-20(26)23-12-18-10-21(2,15-23)14-22(3,11-18)16-23/h5-7,9,13,18H,4,8,10-12,14-16H2,1-3H3,(H,25,26)/b24-13+. The van der Waals surface area contributed by atoms with E-state index in [9.17, 15) is 4.79 Å². The molecule has 146 valence electrons. The number of benzene rings is 1. The zero-order valence-electron chi connectivity index (χ0n) is 16.9. The Balaban J connectivity index is 1.43. The lowest BCUT2D eigenvalue weighted by Gasteiger charge is -2.64. The normalized spacial score (nSPS) is 36.9. The summed E-state index contributed by atoms with van der Waals surface area (Å²) in [6.07, 6.45) is 9.66. The van der Waals surface area contributed by atoms with E-state index in [0.717, 1.165) is 37.0 Å². The van der Waals surface area contributed by atoms with Crippen molar-refractivity contribution in [1.82, 2.24) is 5.43 Å². The molecule has 2 unspecified atom stereocenters. The van der Waals surface area contributed by atoms with Crippen molar-refractivity contribution in [2.75, 3.05) is 6.61 Å². The van der Waals surface area contributed by atoms with Crippen LogP contribution in [0.25, 0.3) is 0 Å². The molecule has 0 radical (unpaired) electrons. The number of hydrogen-bond acceptors (Lipinski definition) is 3. The van der Waals surface area contributed by atoms with Crippen LogP contribution in [0.2, 0.25) is 0 Å². The molecule has 27 heavy (non-hydrogen) atoms. The molecule has 1 amide bonds. The summed E-state index contributed by atoms with van der Waals surface area (Å²) in [5, 5.41) is 4.29. The Bertz CT molecular complexity index is 739. The lowest BCUT2D eigenvalue weighted by Crippen LogP contribution is -2.59. The fourth-order valence-electron chi connectivity index (χ4n) is 6.89. The number of nitrogens with zero attached hydrogens (tertiary/aromatic N) is 1. The van der Waals surface area contributed by atoms with Crippen LogP contribution in [0.5, 0.6) is 5.75 Å². The Morgan fingerprint density at radius 3 is 2.63 bits per heavy atom. The van der Waals surface area contributed by atoms with E-state index in [1.165, 1.54) is 19.3 Å². The molecule has 4 nitrogen and oxygen atoms in total. The molecular weight excluding hydrogens is 336 g/mol. The minimum atomic E-state index is -0.216. The fourth-order valence-corrected chi connectivity index (χ4v) is 6.89. The summed E-state index contributed by atoms with van der Waals surface area (Å²) < 4.78 is 5.66. The predicted molar refractivity (Wildman–Crippen MR) is 108 cm³/mol. The molecule has 4 aliphatic rings. The smallest absolute Gasteiger partial charge is 0.246 e. The van der Waals surface area contributed by atoms with Gasteiger partial charge in [-0.1, -0.05) is 32.9 Å². The van der Waals surface area contributed by atoms with E-state index < -0.39 is 0 Å². The molecule has 0 saturated heterocycles. The summed E-state index contributed by atoms with van der Waals surface area (Å²) in [6.45, 7) is 7.58. The van der Waals surface area contributed by atoms with Gasteiger partial charge in [0.25, 0.3) is 0 Å². The number of amides is 1. The van der Waals surface area contributed by atoms with Gasteiger partial charge >= 0.3 is 0 Å². The number of ether oxygens (including phenoxy) is 1. The maximum atomic E-state index is 13.1. The lowest BCUT2D eigenvalue weighted by molar-refractivity contribution is -0.170. The lowest BCUT2D eigenvalue weighted by atomic mass is 9.40. The predicted octanol–water partition coefficient (Wildman–Crippen LogP) is 4.92. The van der Waals surface area contributed by atoms with Crippen LogP contribution in [-0.2, 0) is 4.79 Å². The molecule has 4 saturated carbocycles. The zero-order chi connectivity index (χ0) is 19.1. The van der Waals surface area contributed by atoms with Gasteiger partial charge in [0.05, 0.1) is 18.2 Å². The Kier molecular flexibility index (Phi) is 4.56. The summed E-state index contributed by atoms with van der Waals surface area (Å²) in [7, 11) is 0. The highest BCUT2D eigenvalue weighted by Crippen LogP contribution is 2.69. The molecule has 5 rings (SSSR count). The highest BCUT2D eigenvalue weighted by molar-refractivity contribution is 5.86. The van der Waals surface area contributed by atoms with Crippen molar-refractivity contribution >= 4 is 12.1 Å². The molecule has 0 heterocycles. The van der Waals surface area contributed by atoms with Gasteiger partial charge in [0.15, 0.2) is 0 Å². The minimum absolute atomic E-state index is 0.124. The molecule has 2 atom stereocenters. The minimum Gasteiger partial charge on any atom is -0.494 e. The van der Waals surface area contributed by atoms with Crippen molar-refractivity contribution < 1.29 is 9.53 Å². The SMILES string of the molecule is CCCOc1cccc(/C=N/NC(=O)C23CC4CC(C)(CC(C)(C4)C2)C3)c1. The second-order valence-corrected chi connectivity index (χ2v) is 10.0. The van der Waals surface area contributed by atoms with Crippen molar-refractivity contribution in [3.63, 3.8) is 0 Å². The van der Waals surface area contributed by atoms with Gasteiger partial charge in [-0.3, -0.25) is 4.79 Å². The molecule has 1 N–H and O–H groups in total. The fraction of sp³-hybridized carbons (Fsp3) is 0.652. The number of rotatable bonds is 6. The van der Waals surface area contributed by atoms with Gasteiger partial charge in [-0.2, -0.15) is 5.10 Å². The average molecular weight is 369 g/mol. The van der Waals surface area contributed by atoms with Crippen LogP contribution < -0.4 is 10.2 Å². The van der Waals surface area contributed by atoms with E-state index in [1.807, 2.05) is 24.3 Å². The number of nitrogens with one attached hydrogen (secondary N) is 1. The molecule has 4 bridgehead atoms. The maximum absolute atomic E-state index is 13.1. The molecule has 4 fully saturated rings. The Morgan fingerprint density at radius 2 is 1.96 bits per heavy atom. The summed E-state index contributed by atoms with van der Waals surface area (Å²) in [5.41, 5.74) is 4.26. The van der Waals surface area contributed by atoms with Crippen LogP contribution in [0.3, 0.4) is 0 Å². The molecule has 0 spiro atoms. The molecule has 0 aromatic heterocycles. The van der Waals surface area contributed by atoms with E-state index in [-0.39, 0.29) is 11.3 Å². The monoisotopic (exact) mass is 368 g/mol. The second kappa shape index (κ2) is 6.65. The Hall–Kier alpha value is -1.84. The van der Waals surface area contributed by atoms with Crippen LogP contribution >= 0.6 is 0 Å². The van der Waals surface area contributed by atoms with E-state index in [1.54, 1.807) is 6.21 Å². The third-order valence-corrected chi connectivity index (χ3v) is 6.82. The van der Waals surface area contributed by atoms with Crippen LogP contribution in [0.15, 0.2) is 29.4 Å². The van der Waals surface area contributed by atoms with E-state index >= 15 is 0 Å². The Labute approximate surface area is 162 Å². The average Bonchev–Trinajstić information content (AvgIpc) is 2.57. The number of carbonyl (C=O) groups excluding carboxylic acids is 1. The highest BCUT2D eigenvalue weighted by atomic mass is 16.5. The van der Waals surface area contributed by atoms with E-state index in [0.29, 0.717) is 23.4 Å². The van der Waals surface area contributed by atoms with Crippen molar-refractivity contribution in [2.45, 2.75) is 65.7 Å². The number of carbonyl (C=O) groups is 1. The molecule has 1 aromatic rings. The first-order chi connectivity index (χ1) is 12.8. The van der Waals surface area contributed by atoms with E-state index in [2.05, 4.69) is 31.3 Å². The van der Waals surface area contributed by atoms with Gasteiger partial charge in [-0.15, -0.1) is 0 Å². The van der Waals surface area contributed by atoms with Crippen LogP contribution in [-0.4, -0.2) is 18.7 Å². The van der Waals surface area contributed by atoms with Gasteiger partial charge in [0.2, 0.25) is 5.91 Å². The zero-order valence-corrected chi connectivity index (χ0v) is 16.9. The van der Waals surface area contributed by atoms with Crippen molar-refractivity contribution in [3.05, 3.63) is 29.8 Å². The quantitative estimate of drug-likeness (QED) is 0.572.